The number of benzene rings is 2. The van der Waals surface area contributed by atoms with E-state index in [-0.39, 0.29) is 6.10 Å². The molecule has 0 radical (unpaired) electrons. The maximum atomic E-state index is 5.72. The third-order valence-electron chi connectivity index (χ3n) is 2.49. The van der Waals surface area contributed by atoms with Crippen molar-refractivity contribution in [1.82, 2.24) is 0 Å². The summed E-state index contributed by atoms with van der Waals surface area (Å²) >= 11 is 0. The molecule has 2 rings (SSSR count). The van der Waals surface area contributed by atoms with Crippen molar-refractivity contribution in [2.24, 2.45) is 0 Å². The molecule has 2 nitrogen and oxygen atoms in total. The van der Waals surface area contributed by atoms with E-state index >= 15 is 0 Å². The minimum Gasteiger partial charge on any atom is -0.457 e. The van der Waals surface area contributed by atoms with E-state index in [1.165, 1.54) is 0 Å². The lowest BCUT2D eigenvalue weighted by atomic mass is 10.2. The fourth-order valence-corrected chi connectivity index (χ4v) is 1.54. The Balaban J connectivity index is 1.95. The van der Waals surface area contributed by atoms with Crippen molar-refractivity contribution in [3.8, 4) is 11.5 Å². The summed E-state index contributed by atoms with van der Waals surface area (Å²) in [6.45, 7) is 4.71. The number of rotatable bonds is 5. The van der Waals surface area contributed by atoms with Gasteiger partial charge in [0.2, 0.25) is 0 Å². The highest BCUT2D eigenvalue weighted by Gasteiger charge is 1.99. The summed E-state index contributed by atoms with van der Waals surface area (Å²) in [6.07, 6.45) is 0.255. The molecule has 0 aromatic heterocycles. The van der Waals surface area contributed by atoms with E-state index in [1.807, 2.05) is 68.4 Å². The van der Waals surface area contributed by atoms with Gasteiger partial charge in [0, 0.05) is 0 Å². The first kappa shape index (κ1) is 12.7. The number of ether oxygens (including phenoxy) is 2. The quantitative estimate of drug-likeness (QED) is 0.773. The molecule has 0 fully saturated rings. The molecule has 0 heterocycles. The molecule has 0 amide bonds. The third-order valence-corrected chi connectivity index (χ3v) is 2.49. The van der Waals surface area contributed by atoms with Crippen LogP contribution in [0, 0.1) is 0 Å². The lowest BCUT2D eigenvalue weighted by molar-refractivity contribution is 0.0657. The molecular formula is C16H18O2. The SMILES string of the molecule is CC(C)OCc1ccc(Oc2ccccc2)cc1. The Labute approximate surface area is 108 Å². The van der Waals surface area contributed by atoms with E-state index < -0.39 is 0 Å². The molecule has 0 atom stereocenters. The van der Waals surface area contributed by atoms with Crippen molar-refractivity contribution in [3.63, 3.8) is 0 Å². The van der Waals surface area contributed by atoms with Crippen molar-refractivity contribution in [1.29, 1.82) is 0 Å². The van der Waals surface area contributed by atoms with Gasteiger partial charge in [-0.3, -0.25) is 0 Å². The smallest absolute Gasteiger partial charge is 0.127 e. The molecule has 0 bridgehead atoms. The highest BCUT2D eigenvalue weighted by molar-refractivity contribution is 5.32. The zero-order valence-electron chi connectivity index (χ0n) is 10.8. The van der Waals surface area contributed by atoms with E-state index in [4.69, 9.17) is 9.47 Å². The summed E-state index contributed by atoms with van der Waals surface area (Å²) in [4.78, 5) is 0. The second-order valence-corrected chi connectivity index (χ2v) is 4.42. The fourth-order valence-electron chi connectivity index (χ4n) is 1.54. The summed E-state index contributed by atoms with van der Waals surface area (Å²) in [5.41, 5.74) is 1.16. The molecule has 0 aliphatic rings. The Morgan fingerprint density at radius 2 is 1.44 bits per heavy atom. The molecule has 0 aliphatic carbocycles. The number of para-hydroxylation sites is 1. The monoisotopic (exact) mass is 242 g/mol. The molecule has 2 aromatic carbocycles. The van der Waals surface area contributed by atoms with Crippen LogP contribution < -0.4 is 4.74 Å². The van der Waals surface area contributed by atoms with Crippen LogP contribution in [0.2, 0.25) is 0 Å². The Bertz CT molecular complexity index is 460. The summed E-state index contributed by atoms with van der Waals surface area (Å²) < 4.78 is 11.3. The third kappa shape index (κ3) is 3.90. The van der Waals surface area contributed by atoms with Gasteiger partial charge in [0.15, 0.2) is 0 Å². The van der Waals surface area contributed by atoms with Crippen LogP contribution in [0.15, 0.2) is 54.6 Å². The Kier molecular flexibility index (Phi) is 4.37. The Morgan fingerprint density at radius 1 is 0.833 bits per heavy atom. The van der Waals surface area contributed by atoms with Crippen molar-refractivity contribution < 1.29 is 9.47 Å². The Hall–Kier alpha value is -1.80. The molecule has 2 heteroatoms. The van der Waals surface area contributed by atoms with E-state index in [2.05, 4.69) is 0 Å². The number of hydrogen-bond acceptors (Lipinski definition) is 2. The molecular weight excluding hydrogens is 224 g/mol. The molecule has 18 heavy (non-hydrogen) atoms. The number of hydrogen-bond donors (Lipinski definition) is 0. The van der Waals surface area contributed by atoms with E-state index in [1.54, 1.807) is 0 Å². The van der Waals surface area contributed by atoms with Crippen molar-refractivity contribution in [2.75, 3.05) is 0 Å². The molecule has 0 spiro atoms. The molecule has 0 saturated carbocycles. The first-order chi connectivity index (χ1) is 8.74. The average Bonchev–Trinajstić information content (AvgIpc) is 2.39. The summed E-state index contributed by atoms with van der Waals surface area (Å²) in [7, 11) is 0. The maximum Gasteiger partial charge on any atom is 0.127 e. The molecule has 0 saturated heterocycles. The van der Waals surface area contributed by atoms with Gasteiger partial charge in [0.25, 0.3) is 0 Å². The molecule has 0 N–H and O–H groups in total. The van der Waals surface area contributed by atoms with Crippen LogP contribution >= 0.6 is 0 Å². The van der Waals surface area contributed by atoms with Crippen molar-refractivity contribution in [2.45, 2.75) is 26.6 Å². The maximum absolute atomic E-state index is 5.72. The van der Waals surface area contributed by atoms with E-state index in [0.717, 1.165) is 17.1 Å². The zero-order chi connectivity index (χ0) is 12.8. The topological polar surface area (TPSA) is 18.5 Å². The van der Waals surface area contributed by atoms with Gasteiger partial charge in [-0.25, -0.2) is 0 Å². The van der Waals surface area contributed by atoms with Crippen LogP contribution in [0.5, 0.6) is 11.5 Å². The van der Waals surface area contributed by atoms with Crippen LogP contribution in [0.4, 0.5) is 0 Å². The largest absolute Gasteiger partial charge is 0.457 e. The second kappa shape index (κ2) is 6.22. The van der Waals surface area contributed by atoms with Gasteiger partial charge in [-0.1, -0.05) is 30.3 Å². The highest BCUT2D eigenvalue weighted by Crippen LogP contribution is 2.21. The van der Waals surface area contributed by atoms with E-state index in [9.17, 15) is 0 Å². The lowest BCUT2D eigenvalue weighted by Gasteiger charge is -2.09. The van der Waals surface area contributed by atoms with Crippen LogP contribution in [0.3, 0.4) is 0 Å². The highest BCUT2D eigenvalue weighted by atomic mass is 16.5. The predicted molar refractivity (Wildman–Crippen MR) is 72.9 cm³/mol. The zero-order valence-corrected chi connectivity index (χ0v) is 10.8. The van der Waals surface area contributed by atoms with Crippen LogP contribution in [-0.2, 0) is 11.3 Å². The molecule has 0 aliphatic heterocycles. The standard InChI is InChI=1S/C16H18O2/c1-13(2)17-12-14-8-10-16(11-9-14)18-15-6-4-3-5-7-15/h3-11,13H,12H2,1-2H3. The molecule has 2 aromatic rings. The van der Waals surface area contributed by atoms with E-state index in [0.29, 0.717) is 6.61 Å². The van der Waals surface area contributed by atoms with Crippen molar-refractivity contribution >= 4 is 0 Å². The first-order valence-electron chi connectivity index (χ1n) is 6.17. The summed E-state index contributed by atoms with van der Waals surface area (Å²) in [6, 6.07) is 17.8. The van der Waals surface area contributed by atoms with Gasteiger partial charge < -0.3 is 9.47 Å². The Morgan fingerprint density at radius 3 is 2.06 bits per heavy atom. The van der Waals surface area contributed by atoms with Crippen LogP contribution in [0.1, 0.15) is 19.4 Å². The summed E-state index contributed by atoms with van der Waals surface area (Å²) in [5, 5.41) is 0. The van der Waals surface area contributed by atoms with Gasteiger partial charge in [-0.15, -0.1) is 0 Å². The van der Waals surface area contributed by atoms with Gasteiger partial charge in [0.1, 0.15) is 11.5 Å². The minimum atomic E-state index is 0.255. The molecule has 94 valence electrons. The van der Waals surface area contributed by atoms with Gasteiger partial charge >= 0.3 is 0 Å². The van der Waals surface area contributed by atoms with Gasteiger partial charge in [-0.05, 0) is 43.7 Å². The van der Waals surface area contributed by atoms with Gasteiger partial charge in [0.05, 0.1) is 12.7 Å². The predicted octanol–water partition coefficient (Wildman–Crippen LogP) is 4.40. The molecule has 0 unspecified atom stereocenters. The lowest BCUT2D eigenvalue weighted by Crippen LogP contribution is -2.01. The van der Waals surface area contributed by atoms with Gasteiger partial charge in [-0.2, -0.15) is 0 Å². The normalized spacial score (nSPS) is 10.6. The van der Waals surface area contributed by atoms with Crippen molar-refractivity contribution in [3.05, 3.63) is 60.2 Å². The summed E-state index contributed by atoms with van der Waals surface area (Å²) in [5.74, 6) is 1.69. The fraction of sp³-hybridized carbons (Fsp3) is 0.250. The second-order valence-electron chi connectivity index (χ2n) is 4.42. The minimum absolute atomic E-state index is 0.255. The van der Waals surface area contributed by atoms with Crippen LogP contribution in [0.25, 0.3) is 0 Å². The average molecular weight is 242 g/mol. The first-order valence-corrected chi connectivity index (χ1v) is 6.17. The van der Waals surface area contributed by atoms with Crippen LogP contribution in [-0.4, -0.2) is 6.10 Å².